The van der Waals surface area contributed by atoms with Gasteiger partial charge in [0.25, 0.3) is 0 Å². The first kappa shape index (κ1) is 15.8. The molecule has 0 radical (unpaired) electrons. The van der Waals surface area contributed by atoms with Crippen molar-refractivity contribution >= 4 is 5.82 Å². The van der Waals surface area contributed by atoms with Crippen molar-refractivity contribution in [2.45, 2.75) is 51.2 Å². The Kier molecular flexibility index (Phi) is 4.52. The quantitative estimate of drug-likeness (QED) is 0.657. The topological polar surface area (TPSA) is 82.3 Å². The summed E-state index contributed by atoms with van der Waals surface area (Å²) in [5, 5.41) is 0. The summed E-state index contributed by atoms with van der Waals surface area (Å²) < 4.78 is 49.3. The molecule has 1 aliphatic heterocycles. The molecule has 2 heterocycles. The number of hydrogen-bond acceptors (Lipinski definition) is 6. The van der Waals surface area contributed by atoms with Gasteiger partial charge in [-0.2, -0.15) is 18.2 Å². The molecule has 0 saturated carbocycles. The van der Waals surface area contributed by atoms with E-state index in [2.05, 4.69) is 15.4 Å². The highest BCUT2D eigenvalue weighted by molar-refractivity contribution is 5.37. The Hall–Kier alpha value is -1.61. The maximum Gasteiger partial charge on any atom is 0.451 e. The summed E-state index contributed by atoms with van der Waals surface area (Å²) in [6, 6.07) is 1.24. The van der Waals surface area contributed by atoms with Crippen LogP contribution in [0.2, 0.25) is 0 Å². The molecular weight excluding hydrogens is 289 g/mol. The van der Waals surface area contributed by atoms with Gasteiger partial charge < -0.3 is 14.9 Å². The number of nitrogens with zero attached hydrogens (tertiary/aromatic N) is 2. The minimum absolute atomic E-state index is 0.0187. The summed E-state index contributed by atoms with van der Waals surface area (Å²) in [5.41, 5.74) is 2.08. The molecule has 0 spiro atoms. The fourth-order valence-electron chi connectivity index (χ4n) is 2.30. The van der Waals surface area contributed by atoms with Gasteiger partial charge in [-0.25, -0.2) is 10.8 Å². The van der Waals surface area contributed by atoms with Crippen LogP contribution in [0.25, 0.3) is 0 Å². The predicted molar refractivity (Wildman–Crippen MR) is 68.5 cm³/mol. The number of nitrogens with two attached hydrogens (primary N) is 1. The number of alkyl halides is 3. The Balaban J connectivity index is 2.19. The third-order valence-electron chi connectivity index (χ3n) is 3.05. The first-order valence-electron chi connectivity index (χ1n) is 6.53. The first-order valence-corrected chi connectivity index (χ1v) is 6.53. The van der Waals surface area contributed by atoms with Gasteiger partial charge in [-0.05, 0) is 13.8 Å². The normalized spacial score (nSPS) is 26.5. The van der Waals surface area contributed by atoms with Crippen LogP contribution in [0, 0.1) is 0 Å². The molecule has 3 N–H and O–H groups in total. The molecule has 1 fully saturated rings. The molecular formula is C12H17F3N4O2. The second-order valence-electron chi connectivity index (χ2n) is 5.03. The van der Waals surface area contributed by atoms with Crippen LogP contribution in [0.3, 0.4) is 0 Å². The highest BCUT2D eigenvalue weighted by atomic mass is 19.4. The summed E-state index contributed by atoms with van der Waals surface area (Å²) >= 11 is 0. The Bertz CT molecular complexity index is 488. The molecule has 0 aromatic carbocycles. The van der Waals surface area contributed by atoms with Gasteiger partial charge in [0.1, 0.15) is 11.9 Å². The maximum atomic E-state index is 12.7. The molecule has 2 unspecified atom stereocenters. The summed E-state index contributed by atoms with van der Waals surface area (Å²) in [7, 11) is 0. The SMILES string of the molecule is CC1CC(Oc2cc(NN)nc(C(F)(F)F)n2)CC(C)O1. The van der Waals surface area contributed by atoms with Gasteiger partial charge in [0.05, 0.1) is 12.2 Å². The average Bonchev–Trinajstić information content (AvgIpc) is 2.36. The van der Waals surface area contributed by atoms with Crippen LogP contribution in [0.1, 0.15) is 32.5 Å². The Morgan fingerprint density at radius 2 is 1.90 bits per heavy atom. The van der Waals surface area contributed by atoms with E-state index in [1.54, 1.807) is 0 Å². The zero-order valence-corrected chi connectivity index (χ0v) is 11.6. The smallest absolute Gasteiger partial charge is 0.451 e. The van der Waals surface area contributed by atoms with E-state index >= 15 is 0 Å². The molecule has 9 heteroatoms. The summed E-state index contributed by atoms with van der Waals surface area (Å²) in [6.45, 7) is 3.78. The molecule has 1 aromatic heterocycles. The first-order chi connectivity index (χ1) is 9.77. The standard InChI is InChI=1S/C12H17F3N4O2/c1-6-3-8(4-7(2)20-6)21-10-5-9(19-16)17-11(18-10)12(13,14)15/h5-8H,3-4,16H2,1-2H3,(H,17,18,19). The van der Waals surface area contributed by atoms with Crippen LogP contribution in [-0.2, 0) is 10.9 Å². The number of halogens is 3. The second kappa shape index (κ2) is 6.02. The lowest BCUT2D eigenvalue weighted by Gasteiger charge is -2.32. The van der Waals surface area contributed by atoms with Gasteiger partial charge in [0, 0.05) is 18.9 Å². The van der Waals surface area contributed by atoms with Crippen molar-refractivity contribution in [3.8, 4) is 5.88 Å². The minimum Gasteiger partial charge on any atom is -0.474 e. The van der Waals surface area contributed by atoms with E-state index in [1.165, 1.54) is 6.07 Å². The molecule has 6 nitrogen and oxygen atoms in total. The van der Waals surface area contributed by atoms with Gasteiger partial charge in [-0.1, -0.05) is 0 Å². The highest BCUT2D eigenvalue weighted by Gasteiger charge is 2.36. The van der Waals surface area contributed by atoms with Crippen LogP contribution < -0.4 is 16.0 Å². The van der Waals surface area contributed by atoms with E-state index in [0.717, 1.165) is 0 Å². The zero-order valence-electron chi connectivity index (χ0n) is 11.6. The molecule has 0 bridgehead atoms. The maximum absolute atomic E-state index is 12.7. The lowest BCUT2D eigenvalue weighted by Crippen LogP contribution is -2.36. The van der Waals surface area contributed by atoms with E-state index < -0.39 is 12.0 Å². The second-order valence-corrected chi connectivity index (χ2v) is 5.03. The molecule has 1 aromatic rings. The van der Waals surface area contributed by atoms with Crippen molar-refractivity contribution in [3.63, 3.8) is 0 Å². The van der Waals surface area contributed by atoms with E-state index in [0.29, 0.717) is 12.8 Å². The third-order valence-corrected chi connectivity index (χ3v) is 3.05. The average molecular weight is 306 g/mol. The molecule has 0 aliphatic carbocycles. The van der Waals surface area contributed by atoms with Crippen molar-refractivity contribution in [1.29, 1.82) is 0 Å². The zero-order chi connectivity index (χ0) is 15.6. The van der Waals surface area contributed by atoms with Crippen molar-refractivity contribution in [3.05, 3.63) is 11.9 Å². The predicted octanol–water partition coefficient (Wildman–Crippen LogP) is 2.12. The Morgan fingerprint density at radius 3 is 2.43 bits per heavy atom. The van der Waals surface area contributed by atoms with Crippen molar-refractivity contribution < 1.29 is 22.6 Å². The van der Waals surface area contributed by atoms with E-state index in [-0.39, 0.29) is 30.0 Å². The summed E-state index contributed by atoms with van der Waals surface area (Å²) in [4.78, 5) is 6.67. The number of ether oxygens (including phenoxy) is 2. The number of anilines is 1. The Morgan fingerprint density at radius 1 is 1.29 bits per heavy atom. The van der Waals surface area contributed by atoms with Gasteiger partial charge in [0.15, 0.2) is 0 Å². The van der Waals surface area contributed by atoms with Crippen LogP contribution in [0.4, 0.5) is 19.0 Å². The number of aromatic nitrogens is 2. The van der Waals surface area contributed by atoms with Crippen LogP contribution in [-0.4, -0.2) is 28.3 Å². The largest absolute Gasteiger partial charge is 0.474 e. The van der Waals surface area contributed by atoms with Crippen LogP contribution in [0.15, 0.2) is 6.07 Å². The molecule has 2 atom stereocenters. The van der Waals surface area contributed by atoms with E-state index in [1.807, 2.05) is 13.8 Å². The molecule has 1 aliphatic rings. The van der Waals surface area contributed by atoms with Gasteiger partial charge in [-0.15, -0.1) is 0 Å². The summed E-state index contributed by atoms with van der Waals surface area (Å²) in [5.74, 6) is 3.53. The van der Waals surface area contributed by atoms with Crippen molar-refractivity contribution in [2.24, 2.45) is 5.84 Å². The highest BCUT2D eigenvalue weighted by Crippen LogP contribution is 2.30. The van der Waals surface area contributed by atoms with E-state index in [4.69, 9.17) is 15.3 Å². The molecule has 1 saturated heterocycles. The van der Waals surface area contributed by atoms with Gasteiger partial charge in [-0.3, -0.25) is 0 Å². The van der Waals surface area contributed by atoms with E-state index in [9.17, 15) is 13.2 Å². The third kappa shape index (κ3) is 4.18. The van der Waals surface area contributed by atoms with Crippen LogP contribution in [0.5, 0.6) is 5.88 Å². The fourth-order valence-corrected chi connectivity index (χ4v) is 2.30. The van der Waals surface area contributed by atoms with Crippen molar-refractivity contribution in [2.75, 3.05) is 5.43 Å². The van der Waals surface area contributed by atoms with Gasteiger partial charge in [0.2, 0.25) is 11.7 Å². The van der Waals surface area contributed by atoms with Crippen LogP contribution >= 0.6 is 0 Å². The number of hydrogen-bond donors (Lipinski definition) is 2. The fraction of sp³-hybridized carbons (Fsp3) is 0.667. The molecule has 0 amide bonds. The molecule has 21 heavy (non-hydrogen) atoms. The number of rotatable bonds is 3. The lowest BCUT2D eigenvalue weighted by molar-refractivity contribution is -0.145. The number of hydrazine groups is 1. The number of nitrogen functional groups attached to an aromatic ring is 1. The molecule has 2 rings (SSSR count). The number of nitrogens with one attached hydrogen (secondary N) is 1. The minimum atomic E-state index is -4.67. The Labute approximate surface area is 119 Å². The molecule has 118 valence electrons. The van der Waals surface area contributed by atoms with Gasteiger partial charge >= 0.3 is 6.18 Å². The monoisotopic (exact) mass is 306 g/mol. The van der Waals surface area contributed by atoms with Crippen molar-refractivity contribution in [1.82, 2.24) is 9.97 Å². The summed E-state index contributed by atoms with van der Waals surface area (Å²) in [6.07, 6.45) is -3.79. The lowest BCUT2D eigenvalue weighted by atomic mass is 10.0.